The minimum atomic E-state index is -0.0453. The highest BCUT2D eigenvalue weighted by molar-refractivity contribution is 9.10. The summed E-state index contributed by atoms with van der Waals surface area (Å²) in [4.78, 5) is 26.3. The third kappa shape index (κ3) is 4.92. The van der Waals surface area contributed by atoms with Crippen molar-refractivity contribution in [3.05, 3.63) is 46.8 Å². The summed E-state index contributed by atoms with van der Waals surface area (Å²) in [6.07, 6.45) is 5.79. The molecule has 194 valence electrons. The van der Waals surface area contributed by atoms with Crippen molar-refractivity contribution in [3.63, 3.8) is 0 Å². The van der Waals surface area contributed by atoms with Crippen LogP contribution in [0.4, 0.5) is 5.95 Å². The Morgan fingerprint density at radius 1 is 1.32 bits per heavy atom. The molecule has 0 bridgehead atoms. The van der Waals surface area contributed by atoms with Gasteiger partial charge in [-0.15, -0.1) is 0 Å². The zero-order chi connectivity index (χ0) is 26.1. The number of nitriles is 1. The van der Waals surface area contributed by atoms with E-state index in [4.69, 9.17) is 9.72 Å². The van der Waals surface area contributed by atoms with Crippen LogP contribution in [0.5, 0.6) is 0 Å². The number of pyridine rings is 1. The molecule has 1 amide bonds. The van der Waals surface area contributed by atoms with Gasteiger partial charge in [0, 0.05) is 48.9 Å². The number of fused-ring (bicyclic) bond motifs is 2. The van der Waals surface area contributed by atoms with Gasteiger partial charge in [0.25, 0.3) is 0 Å². The number of halogens is 1. The van der Waals surface area contributed by atoms with E-state index in [2.05, 4.69) is 53.0 Å². The lowest BCUT2D eigenvalue weighted by atomic mass is 10.1. The molecule has 11 nitrogen and oxygen atoms in total. The number of morpholine rings is 1. The van der Waals surface area contributed by atoms with E-state index in [1.54, 1.807) is 23.1 Å². The fraction of sp³-hybridized carbons (Fsp3) is 0.385. The SMILES string of the molecule is N#Cc1cc(-n2nc(Br)c3cnc(N[C@@H]4CC[C@@H](C(=O)NCC5COCCN5)C4)nc32)cc2cccnc12. The number of amides is 1. The number of carbonyl (C=O) groups is 1. The van der Waals surface area contributed by atoms with Crippen LogP contribution in [-0.2, 0) is 9.53 Å². The van der Waals surface area contributed by atoms with Crippen LogP contribution in [-0.4, -0.2) is 69.0 Å². The lowest BCUT2D eigenvalue weighted by Gasteiger charge is -2.24. The van der Waals surface area contributed by atoms with Gasteiger partial charge in [0.1, 0.15) is 10.7 Å². The van der Waals surface area contributed by atoms with Crippen LogP contribution in [0.1, 0.15) is 24.8 Å². The number of rotatable bonds is 6. The van der Waals surface area contributed by atoms with E-state index in [0.29, 0.717) is 59.1 Å². The van der Waals surface area contributed by atoms with Crippen LogP contribution in [0.25, 0.3) is 27.6 Å². The fourth-order valence-electron chi connectivity index (χ4n) is 5.15. The van der Waals surface area contributed by atoms with Crippen molar-refractivity contribution in [2.24, 2.45) is 5.92 Å². The Morgan fingerprint density at radius 3 is 3.08 bits per heavy atom. The normalized spacial score (nSPS) is 21.4. The van der Waals surface area contributed by atoms with Crippen LogP contribution in [0, 0.1) is 17.2 Å². The first-order valence-electron chi connectivity index (χ1n) is 12.6. The van der Waals surface area contributed by atoms with Gasteiger partial charge in [-0.25, -0.2) is 9.67 Å². The topological polar surface area (TPSA) is 143 Å². The summed E-state index contributed by atoms with van der Waals surface area (Å²) in [5, 5.41) is 25.7. The van der Waals surface area contributed by atoms with E-state index in [9.17, 15) is 10.1 Å². The summed E-state index contributed by atoms with van der Waals surface area (Å²) in [7, 11) is 0. The predicted molar refractivity (Wildman–Crippen MR) is 145 cm³/mol. The molecular weight excluding hydrogens is 550 g/mol. The number of ether oxygens (including phenoxy) is 1. The first-order chi connectivity index (χ1) is 18.6. The van der Waals surface area contributed by atoms with E-state index in [0.717, 1.165) is 30.2 Å². The monoisotopic (exact) mass is 575 g/mol. The van der Waals surface area contributed by atoms with Gasteiger partial charge in [0.15, 0.2) is 5.65 Å². The Kier molecular flexibility index (Phi) is 6.88. The molecule has 38 heavy (non-hydrogen) atoms. The van der Waals surface area contributed by atoms with Gasteiger partial charge < -0.3 is 20.7 Å². The van der Waals surface area contributed by atoms with Crippen molar-refractivity contribution in [2.75, 3.05) is 31.6 Å². The summed E-state index contributed by atoms with van der Waals surface area (Å²) >= 11 is 3.51. The Bertz CT molecular complexity index is 1540. The zero-order valence-electron chi connectivity index (χ0n) is 20.5. The molecule has 1 aliphatic heterocycles. The minimum Gasteiger partial charge on any atom is -0.378 e. The molecule has 1 unspecified atom stereocenters. The molecule has 0 radical (unpaired) electrons. The van der Waals surface area contributed by atoms with E-state index < -0.39 is 0 Å². The molecule has 6 rings (SSSR count). The molecule has 3 N–H and O–H groups in total. The van der Waals surface area contributed by atoms with Gasteiger partial charge in [-0.1, -0.05) is 6.07 Å². The highest BCUT2D eigenvalue weighted by atomic mass is 79.9. The average molecular weight is 576 g/mol. The summed E-state index contributed by atoms with van der Waals surface area (Å²) in [5.74, 6) is 0.513. The van der Waals surface area contributed by atoms with Gasteiger partial charge in [0.05, 0.1) is 35.4 Å². The van der Waals surface area contributed by atoms with Gasteiger partial charge >= 0.3 is 0 Å². The number of benzene rings is 1. The highest BCUT2D eigenvalue weighted by Crippen LogP contribution is 2.30. The smallest absolute Gasteiger partial charge is 0.224 e. The van der Waals surface area contributed by atoms with E-state index >= 15 is 0 Å². The van der Waals surface area contributed by atoms with Crippen LogP contribution in [0.3, 0.4) is 0 Å². The molecule has 4 aromatic rings. The maximum Gasteiger partial charge on any atom is 0.224 e. The number of nitrogens with one attached hydrogen (secondary N) is 3. The quantitative estimate of drug-likeness (QED) is 0.316. The molecule has 2 fully saturated rings. The summed E-state index contributed by atoms with van der Waals surface area (Å²) in [6.45, 7) is 2.72. The first kappa shape index (κ1) is 24.7. The molecule has 3 atom stereocenters. The number of anilines is 1. The van der Waals surface area contributed by atoms with E-state index in [-0.39, 0.29) is 23.9 Å². The molecule has 1 aromatic carbocycles. The van der Waals surface area contributed by atoms with Gasteiger partial charge in [0.2, 0.25) is 11.9 Å². The Balaban J connectivity index is 1.19. The first-order valence-corrected chi connectivity index (χ1v) is 13.4. The molecule has 1 aliphatic carbocycles. The molecule has 3 aromatic heterocycles. The predicted octanol–water partition coefficient (Wildman–Crippen LogP) is 2.68. The Labute approximate surface area is 227 Å². The standard InChI is InChI=1S/C26H26BrN9O2/c27-23-21-13-32-26(33-18-4-3-16(8-18)25(37)31-12-19-14-38-7-6-29-19)34-24(21)36(35-23)20-9-15-2-1-5-30-22(15)17(10-20)11-28/h1-2,5,9-10,13,16,18-19,29H,3-4,6-8,12,14H2,(H,31,37)(H,32,33,34)/t16-,18-,19?/m1/s1. The van der Waals surface area contributed by atoms with Crippen LogP contribution in [0.2, 0.25) is 0 Å². The zero-order valence-corrected chi connectivity index (χ0v) is 22.1. The van der Waals surface area contributed by atoms with E-state index in [1.165, 1.54) is 0 Å². The summed E-state index contributed by atoms with van der Waals surface area (Å²) in [5.41, 5.74) is 2.43. The minimum absolute atomic E-state index is 0.0453. The largest absolute Gasteiger partial charge is 0.378 e. The number of nitrogens with zero attached hydrogens (tertiary/aromatic N) is 6. The second-order valence-corrected chi connectivity index (χ2v) is 10.4. The van der Waals surface area contributed by atoms with Crippen LogP contribution < -0.4 is 16.0 Å². The fourth-order valence-corrected chi connectivity index (χ4v) is 5.59. The molecule has 0 spiro atoms. The second-order valence-electron chi connectivity index (χ2n) is 9.64. The molecule has 2 aliphatic rings. The molecule has 4 heterocycles. The third-order valence-corrected chi connectivity index (χ3v) is 7.68. The van der Waals surface area contributed by atoms with Crippen LogP contribution in [0.15, 0.2) is 41.3 Å². The number of aromatic nitrogens is 5. The van der Waals surface area contributed by atoms with Crippen LogP contribution >= 0.6 is 15.9 Å². The third-order valence-electron chi connectivity index (χ3n) is 7.09. The van der Waals surface area contributed by atoms with Gasteiger partial charge in [-0.3, -0.25) is 9.78 Å². The molecule has 1 saturated heterocycles. The summed E-state index contributed by atoms with van der Waals surface area (Å²) < 4.78 is 7.77. The molecular formula is C26H26BrN9O2. The number of hydrogen-bond donors (Lipinski definition) is 3. The lowest BCUT2D eigenvalue weighted by Crippen LogP contribution is -2.49. The highest BCUT2D eigenvalue weighted by Gasteiger charge is 2.31. The average Bonchev–Trinajstić information content (AvgIpc) is 3.56. The van der Waals surface area contributed by atoms with Crippen molar-refractivity contribution in [1.82, 2.24) is 35.4 Å². The summed E-state index contributed by atoms with van der Waals surface area (Å²) in [6, 6.07) is 9.94. The van der Waals surface area contributed by atoms with Crippen molar-refractivity contribution in [1.29, 1.82) is 5.26 Å². The van der Waals surface area contributed by atoms with Crippen molar-refractivity contribution in [3.8, 4) is 11.8 Å². The Hall–Kier alpha value is -3.66. The maximum atomic E-state index is 12.7. The van der Waals surface area contributed by atoms with Crippen molar-refractivity contribution in [2.45, 2.75) is 31.3 Å². The Morgan fingerprint density at radius 2 is 2.24 bits per heavy atom. The molecule has 1 saturated carbocycles. The van der Waals surface area contributed by atoms with Crippen molar-refractivity contribution >= 4 is 49.7 Å². The van der Waals surface area contributed by atoms with E-state index in [1.807, 2.05) is 18.2 Å². The number of carbonyl (C=O) groups excluding carboxylic acids is 1. The lowest BCUT2D eigenvalue weighted by molar-refractivity contribution is -0.125. The second kappa shape index (κ2) is 10.6. The maximum absolute atomic E-state index is 12.7. The molecule has 12 heteroatoms. The van der Waals surface area contributed by atoms with Crippen molar-refractivity contribution < 1.29 is 9.53 Å². The van der Waals surface area contributed by atoms with Gasteiger partial charge in [-0.2, -0.15) is 15.3 Å². The number of hydrogen-bond acceptors (Lipinski definition) is 9. The van der Waals surface area contributed by atoms with Gasteiger partial charge in [-0.05, 0) is 53.4 Å².